The zero-order valence-electron chi connectivity index (χ0n) is 8.23. The van der Waals surface area contributed by atoms with E-state index < -0.39 is 11.5 Å². The molecular weight excluding hydrogens is 194 g/mol. The Balaban J connectivity index is 2.41. The molecule has 15 heavy (non-hydrogen) atoms. The molecule has 1 aliphatic heterocycles. The minimum atomic E-state index is -0.965. The van der Waals surface area contributed by atoms with E-state index in [4.69, 9.17) is 5.11 Å². The Labute approximate surface area is 87.6 Å². The molecular formula is C11H13NO3. The first-order valence-corrected chi connectivity index (χ1v) is 4.93. The highest BCUT2D eigenvalue weighted by molar-refractivity contribution is 5.81. The molecule has 3 N–H and O–H groups in total. The molecule has 1 unspecified atom stereocenters. The van der Waals surface area contributed by atoms with Crippen LogP contribution in [-0.4, -0.2) is 22.7 Å². The molecule has 0 bridgehead atoms. The van der Waals surface area contributed by atoms with Gasteiger partial charge in [-0.1, -0.05) is 12.1 Å². The lowest BCUT2D eigenvalue weighted by Gasteiger charge is -2.24. The Bertz CT molecular complexity index is 366. The molecule has 1 aliphatic rings. The summed E-state index contributed by atoms with van der Waals surface area (Å²) < 4.78 is 0. The maximum Gasteiger partial charge on any atom is 0.328 e. The van der Waals surface area contributed by atoms with Gasteiger partial charge in [-0.15, -0.1) is 0 Å². The molecule has 0 saturated carbocycles. The molecule has 1 saturated heterocycles. The van der Waals surface area contributed by atoms with Crippen molar-refractivity contribution in [2.24, 2.45) is 0 Å². The average Bonchev–Trinajstić information content (AvgIpc) is 2.69. The highest BCUT2D eigenvalue weighted by atomic mass is 16.4. The second kappa shape index (κ2) is 3.55. The third-order valence-corrected chi connectivity index (χ3v) is 2.88. The zero-order chi connectivity index (χ0) is 10.9. The highest BCUT2D eigenvalue weighted by Crippen LogP contribution is 2.31. The monoisotopic (exact) mass is 207 g/mol. The number of carboxylic acid groups (broad SMARTS) is 1. The molecule has 0 aromatic heterocycles. The van der Waals surface area contributed by atoms with Crippen LogP contribution in [0.2, 0.25) is 0 Å². The number of aliphatic carboxylic acids is 1. The van der Waals surface area contributed by atoms with E-state index in [0.717, 1.165) is 6.42 Å². The summed E-state index contributed by atoms with van der Waals surface area (Å²) in [4.78, 5) is 11.3. The van der Waals surface area contributed by atoms with E-state index in [0.29, 0.717) is 18.5 Å². The molecule has 0 radical (unpaired) electrons. The van der Waals surface area contributed by atoms with Crippen LogP contribution in [0.4, 0.5) is 0 Å². The molecule has 1 atom stereocenters. The number of nitrogens with one attached hydrogen (secondary N) is 1. The number of carboxylic acids is 1. The van der Waals surface area contributed by atoms with Crippen molar-refractivity contribution in [2.45, 2.75) is 18.4 Å². The molecule has 0 amide bonds. The molecule has 1 fully saturated rings. The van der Waals surface area contributed by atoms with Crippen LogP contribution in [0.5, 0.6) is 5.75 Å². The van der Waals surface area contributed by atoms with Gasteiger partial charge in [0.05, 0.1) is 0 Å². The predicted octanol–water partition coefficient (Wildman–Crippen LogP) is 1.06. The van der Waals surface area contributed by atoms with Crippen LogP contribution < -0.4 is 5.32 Å². The van der Waals surface area contributed by atoms with Gasteiger partial charge in [-0.25, -0.2) is 4.79 Å². The maximum absolute atomic E-state index is 11.3. The van der Waals surface area contributed by atoms with Crippen LogP contribution in [0.15, 0.2) is 24.3 Å². The predicted molar refractivity (Wildman–Crippen MR) is 54.7 cm³/mol. The van der Waals surface area contributed by atoms with E-state index in [2.05, 4.69) is 5.32 Å². The van der Waals surface area contributed by atoms with E-state index in [1.165, 1.54) is 12.1 Å². The largest absolute Gasteiger partial charge is 0.508 e. The van der Waals surface area contributed by atoms with Gasteiger partial charge in [-0.05, 0) is 37.1 Å². The maximum atomic E-state index is 11.3. The molecule has 80 valence electrons. The van der Waals surface area contributed by atoms with Gasteiger partial charge in [-0.3, -0.25) is 5.32 Å². The molecule has 2 rings (SSSR count). The fourth-order valence-electron chi connectivity index (χ4n) is 2.04. The molecule has 4 heteroatoms. The number of hydrogen-bond donors (Lipinski definition) is 3. The minimum absolute atomic E-state index is 0.150. The van der Waals surface area contributed by atoms with Gasteiger partial charge in [0.1, 0.15) is 11.3 Å². The lowest BCUT2D eigenvalue weighted by Crippen LogP contribution is -2.44. The Hall–Kier alpha value is -1.55. The quantitative estimate of drug-likeness (QED) is 0.678. The summed E-state index contributed by atoms with van der Waals surface area (Å²) in [5, 5.41) is 21.4. The van der Waals surface area contributed by atoms with Crippen LogP contribution in [0, 0.1) is 0 Å². The highest BCUT2D eigenvalue weighted by Gasteiger charge is 2.42. The Morgan fingerprint density at radius 3 is 2.47 bits per heavy atom. The van der Waals surface area contributed by atoms with Gasteiger partial charge in [0.2, 0.25) is 0 Å². The van der Waals surface area contributed by atoms with Gasteiger partial charge in [-0.2, -0.15) is 0 Å². The summed E-state index contributed by atoms with van der Waals surface area (Å²) in [7, 11) is 0. The lowest BCUT2D eigenvalue weighted by atomic mass is 9.88. The minimum Gasteiger partial charge on any atom is -0.508 e. The van der Waals surface area contributed by atoms with Gasteiger partial charge >= 0.3 is 5.97 Å². The summed E-state index contributed by atoms with van der Waals surface area (Å²) in [6.45, 7) is 0.715. The molecule has 1 aromatic carbocycles. The average molecular weight is 207 g/mol. The van der Waals surface area contributed by atoms with Crippen LogP contribution in [0.25, 0.3) is 0 Å². The summed E-state index contributed by atoms with van der Waals surface area (Å²) >= 11 is 0. The number of rotatable bonds is 2. The summed E-state index contributed by atoms with van der Waals surface area (Å²) in [6.07, 6.45) is 1.44. The normalized spacial score (nSPS) is 25.3. The standard InChI is InChI=1S/C11H13NO3/c13-9-4-2-8(3-5-9)11(10(14)15)6-1-7-12-11/h2-5,12-13H,1,6-7H2,(H,14,15). The lowest BCUT2D eigenvalue weighted by molar-refractivity contribution is -0.144. The fraction of sp³-hybridized carbons (Fsp3) is 0.364. The van der Waals surface area contributed by atoms with Crippen molar-refractivity contribution >= 4 is 5.97 Å². The van der Waals surface area contributed by atoms with Gasteiger partial charge in [0.25, 0.3) is 0 Å². The van der Waals surface area contributed by atoms with E-state index >= 15 is 0 Å². The van der Waals surface area contributed by atoms with Crippen LogP contribution in [-0.2, 0) is 10.3 Å². The van der Waals surface area contributed by atoms with E-state index in [1.54, 1.807) is 12.1 Å². The zero-order valence-corrected chi connectivity index (χ0v) is 8.23. The van der Waals surface area contributed by atoms with E-state index in [-0.39, 0.29) is 5.75 Å². The van der Waals surface area contributed by atoms with Gasteiger partial charge < -0.3 is 10.2 Å². The third-order valence-electron chi connectivity index (χ3n) is 2.88. The van der Waals surface area contributed by atoms with Crippen LogP contribution >= 0.6 is 0 Å². The first-order chi connectivity index (χ1) is 7.15. The number of phenolic OH excluding ortho intramolecular Hbond substituents is 1. The van der Waals surface area contributed by atoms with Crippen molar-refractivity contribution in [1.29, 1.82) is 0 Å². The second-order valence-electron chi connectivity index (χ2n) is 3.79. The Morgan fingerprint density at radius 2 is 2.00 bits per heavy atom. The van der Waals surface area contributed by atoms with Crippen molar-refractivity contribution in [3.8, 4) is 5.75 Å². The summed E-state index contributed by atoms with van der Waals surface area (Å²) in [6, 6.07) is 6.34. The number of phenols is 1. The van der Waals surface area contributed by atoms with Gasteiger partial charge in [0.15, 0.2) is 0 Å². The summed E-state index contributed by atoms with van der Waals surface area (Å²) in [5.74, 6) is -0.706. The van der Waals surface area contributed by atoms with Crippen molar-refractivity contribution in [2.75, 3.05) is 6.54 Å². The molecule has 4 nitrogen and oxygen atoms in total. The van der Waals surface area contributed by atoms with Crippen molar-refractivity contribution in [1.82, 2.24) is 5.32 Å². The third kappa shape index (κ3) is 1.57. The number of aromatic hydroxyl groups is 1. The second-order valence-corrected chi connectivity index (χ2v) is 3.79. The molecule has 0 spiro atoms. The number of benzene rings is 1. The topological polar surface area (TPSA) is 69.6 Å². The fourth-order valence-corrected chi connectivity index (χ4v) is 2.04. The Kier molecular flexibility index (Phi) is 2.36. The van der Waals surface area contributed by atoms with E-state index in [9.17, 15) is 9.90 Å². The number of carbonyl (C=O) groups is 1. The summed E-state index contributed by atoms with van der Waals surface area (Å²) in [5.41, 5.74) is -0.265. The van der Waals surface area contributed by atoms with Gasteiger partial charge in [0, 0.05) is 0 Å². The van der Waals surface area contributed by atoms with Crippen LogP contribution in [0.1, 0.15) is 18.4 Å². The smallest absolute Gasteiger partial charge is 0.328 e. The molecule has 1 heterocycles. The first kappa shape index (κ1) is 9.98. The molecule has 1 aromatic rings. The first-order valence-electron chi connectivity index (χ1n) is 4.93. The van der Waals surface area contributed by atoms with Crippen LogP contribution in [0.3, 0.4) is 0 Å². The van der Waals surface area contributed by atoms with E-state index in [1.807, 2.05) is 0 Å². The number of hydrogen-bond acceptors (Lipinski definition) is 3. The Morgan fingerprint density at radius 1 is 1.33 bits per heavy atom. The molecule has 0 aliphatic carbocycles. The van der Waals surface area contributed by atoms with Crippen molar-refractivity contribution < 1.29 is 15.0 Å². The van der Waals surface area contributed by atoms with Crippen molar-refractivity contribution in [3.05, 3.63) is 29.8 Å². The van der Waals surface area contributed by atoms with Crippen molar-refractivity contribution in [3.63, 3.8) is 0 Å². The SMILES string of the molecule is O=C(O)C1(c2ccc(O)cc2)CCCN1.